The van der Waals surface area contributed by atoms with Crippen molar-refractivity contribution in [1.29, 1.82) is 0 Å². The number of carbonyl (C=O) groups is 1. The molecule has 0 spiro atoms. The van der Waals surface area contributed by atoms with Gasteiger partial charge in [-0.15, -0.1) is 0 Å². The van der Waals surface area contributed by atoms with Gasteiger partial charge in [-0.05, 0) is 50.5 Å². The van der Waals surface area contributed by atoms with Crippen LogP contribution in [0.5, 0.6) is 5.75 Å². The molecule has 2 aromatic heterocycles. The third kappa shape index (κ3) is 4.99. The number of fused-ring (bicyclic) bond motifs is 1. The lowest BCUT2D eigenvalue weighted by molar-refractivity contribution is -0.118. The third-order valence-electron chi connectivity index (χ3n) is 5.40. The predicted octanol–water partition coefficient (Wildman–Crippen LogP) is 5.17. The summed E-state index contributed by atoms with van der Waals surface area (Å²) >= 11 is 1.53. The molecule has 0 aliphatic heterocycles. The minimum Gasteiger partial charge on any atom is -0.492 e. The van der Waals surface area contributed by atoms with Crippen LogP contribution in [0.1, 0.15) is 30.0 Å². The van der Waals surface area contributed by atoms with Gasteiger partial charge < -0.3 is 9.30 Å². The highest BCUT2D eigenvalue weighted by molar-refractivity contribution is 7.22. The second-order valence-electron chi connectivity index (χ2n) is 7.84. The molecule has 0 aliphatic carbocycles. The molecule has 7 heteroatoms. The maximum absolute atomic E-state index is 13.5. The van der Waals surface area contributed by atoms with Gasteiger partial charge in [0.05, 0.1) is 24.1 Å². The minimum atomic E-state index is 0.0552. The standard InChI is InChI=1S/C25H28N4O2S/c1-4-31-21-7-5-8-22-24(21)27-25(32-22)29(13-6-12-28-14-11-26-17-28)23(30)16-20-10-9-18(2)15-19(20)3/h5,7-11,14-15,17H,4,6,12-13,16H2,1-3H3. The van der Waals surface area contributed by atoms with Gasteiger partial charge >= 0.3 is 0 Å². The van der Waals surface area contributed by atoms with Crippen molar-refractivity contribution in [1.82, 2.24) is 14.5 Å². The Bertz CT molecular complexity index is 1200. The average Bonchev–Trinajstić information content (AvgIpc) is 3.43. The normalized spacial score (nSPS) is 11.1. The number of aromatic nitrogens is 3. The zero-order valence-corrected chi connectivity index (χ0v) is 19.6. The number of ether oxygens (including phenoxy) is 1. The molecule has 1 amide bonds. The van der Waals surface area contributed by atoms with E-state index in [1.807, 2.05) is 40.8 Å². The number of benzene rings is 2. The smallest absolute Gasteiger partial charge is 0.233 e. The highest BCUT2D eigenvalue weighted by Gasteiger charge is 2.21. The fourth-order valence-corrected chi connectivity index (χ4v) is 4.79. The molecule has 4 rings (SSSR count). The van der Waals surface area contributed by atoms with Gasteiger partial charge in [0.2, 0.25) is 5.91 Å². The highest BCUT2D eigenvalue weighted by atomic mass is 32.1. The van der Waals surface area contributed by atoms with Gasteiger partial charge in [-0.1, -0.05) is 41.2 Å². The van der Waals surface area contributed by atoms with E-state index in [-0.39, 0.29) is 5.91 Å². The van der Waals surface area contributed by atoms with Crippen LogP contribution in [0.25, 0.3) is 10.2 Å². The van der Waals surface area contributed by atoms with Gasteiger partial charge in [0.25, 0.3) is 0 Å². The molecule has 32 heavy (non-hydrogen) atoms. The van der Waals surface area contributed by atoms with Crippen LogP contribution in [0.4, 0.5) is 5.13 Å². The van der Waals surface area contributed by atoms with E-state index < -0.39 is 0 Å². The van der Waals surface area contributed by atoms with Gasteiger partial charge in [0.15, 0.2) is 5.13 Å². The zero-order valence-electron chi connectivity index (χ0n) is 18.7. The fraction of sp³-hybridized carbons (Fsp3) is 0.320. The first-order chi connectivity index (χ1) is 15.5. The summed E-state index contributed by atoms with van der Waals surface area (Å²) in [5, 5.41) is 0.715. The summed E-state index contributed by atoms with van der Waals surface area (Å²) in [5.41, 5.74) is 4.20. The first-order valence-corrected chi connectivity index (χ1v) is 11.7. The largest absolute Gasteiger partial charge is 0.492 e. The van der Waals surface area contributed by atoms with Gasteiger partial charge in [0, 0.05) is 25.5 Å². The molecule has 6 nitrogen and oxygen atoms in total. The Hall–Kier alpha value is -3.19. The molecule has 0 atom stereocenters. The first kappa shape index (κ1) is 22.0. The Morgan fingerprint density at radius 2 is 2.09 bits per heavy atom. The SMILES string of the molecule is CCOc1cccc2sc(N(CCCn3ccnc3)C(=O)Cc3ccc(C)cc3C)nc12. The lowest BCUT2D eigenvalue weighted by Gasteiger charge is -2.20. The van der Waals surface area contributed by atoms with Crippen LogP contribution in [0.3, 0.4) is 0 Å². The summed E-state index contributed by atoms with van der Waals surface area (Å²) in [6.45, 7) is 8.05. The van der Waals surface area contributed by atoms with Crippen molar-refractivity contribution in [3.63, 3.8) is 0 Å². The quantitative estimate of drug-likeness (QED) is 0.354. The van der Waals surface area contributed by atoms with Crippen LogP contribution >= 0.6 is 11.3 Å². The number of imidazole rings is 1. The van der Waals surface area contributed by atoms with Crippen molar-refractivity contribution < 1.29 is 9.53 Å². The van der Waals surface area contributed by atoms with Crippen LogP contribution in [-0.2, 0) is 17.8 Å². The molecular weight excluding hydrogens is 420 g/mol. The number of amides is 1. The van der Waals surface area contributed by atoms with Crippen LogP contribution in [0, 0.1) is 13.8 Å². The van der Waals surface area contributed by atoms with Crippen molar-refractivity contribution in [3.8, 4) is 5.75 Å². The summed E-state index contributed by atoms with van der Waals surface area (Å²) in [5.74, 6) is 0.812. The molecule has 0 unspecified atom stereocenters. The lowest BCUT2D eigenvalue weighted by Crippen LogP contribution is -2.33. The molecule has 2 aromatic carbocycles. The zero-order chi connectivity index (χ0) is 22.5. The Labute approximate surface area is 192 Å². The molecule has 0 N–H and O–H groups in total. The Kier molecular flexibility index (Phi) is 6.85. The van der Waals surface area contributed by atoms with Gasteiger partial charge in [-0.3, -0.25) is 9.69 Å². The van der Waals surface area contributed by atoms with E-state index in [0.29, 0.717) is 24.7 Å². The number of hydrogen-bond donors (Lipinski definition) is 0. The van der Waals surface area contributed by atoms with E-state index in [0.717, 1.165) is 40.1 Å². The Morgan fingerprint density at radius 1 is 1.22 bits per heavy atom. The molecule has 4 aromatic rings. The summed E-state index contributed by atoms with van der Waals surface area (Å²) in [6.07, 6.45) is 6.67. The van der Waals surface area contributed by atoms with Gasteiger partial charge in [-0.2, -0.15) is 0 Å². The number of hydrogen-bond acceptors (Lipinski definition) is 5. The van der Waals surface area contributed by atoms with Crippen molar-refractivity contribution in [2.45, 2.75) is 40.2 Å². The van der Waals surface area contributed by atoms with Crippen molar-refractivity contribution >= 4 is 32.6 Å². The number of para-hydroxylation sites is 1. The Balaban J connectivity index is 1.61. The van der Waals surface area contributed by atoms with Crippen LogP contribution in [0.15, 0.2) is 55.1 Å². The molecule has 2 heterocycles. The third-order valence-corrected chi connectivity index (χ3v) is 6.44. The second kappa shape index (κ2) is 9.96. The Morgan fingerprint density at radius 3 is 2.84 bits per heavy atom. The lowest BCUT2D eigenvalue weighted by atomic mass is 10.0. The molecule has 0 saturated heterocycles. The highest BCUT2D eigenvalue weighted by Crippen LogP contribution is 2.34. The summed E-state index contributed by atoms with van der Waals surface area (Å²) in [7, 11) is 0. The molecule has 0 saturated carbocycles. The molecular formula is C25H28N4O2S. The van der Waals surface area contributed by atoms with E-state index in [2.05, 4.69) is 37.0 Å². The monoisotopic (exact) mass is 448 g/mol. The van der Waals surface area contributed by atoms with E-state index in [1.54, 1.807) is 12.5 Å². The second-order valence-corrected chi connectivity index (χ2v) is 8.85. The number of thiazole rings is 1. The predicted molar refractivity (Wildman–Crippen MR) is 130 cm³/mol. The van der Waals surface area contributed by atoms with Crippen LogP contribution < -0.4 is 9.64 Å². The van der Waals surface area contributed by atoms with E-state index >= 15 is 0 Å². The van der Waals surface area contributed by atoms with E-state index in [4.69, 9.17) is 9.72 Å². The average molecular weight is 449 g/mol. The topological polar surface area (TPSA) is 60.2 Å². The fourth-order valence-electron chi connectivity index (χ4n) is 3.76. The number of nitrogens with zero attached hydrogens (tertiary/aromatic N) is 4. The minimum absolute atomic E-state index is 0.0552. The number of carbonyl (C=O) groups excluding carboxylic acids is 1. The van der Waals surface area contributed by atoms with Gasteiger partial charge in [-0.25, -0.2) is 9.97 Å². The molecule has 0 fully saturated rings. The summed E-state index contributed by atoms with van der Waals surface area (Å²) in [4.78, 5) is 24.2. The first-order valence-electron chi connectivity index (χ1n) is 10.9. The van der Waals surface area contributed by atoms with Crippen molar-refractivity contribution in [2.24, 2.45) is 0 Å². The molecule has 0 bridgehead atoms. The van der Waals surface area contributed by atoms with Crippen molar-refractivity contribution in [3.05, 3.63) is 71.8 Å². The van der Waals surface area contributed by atoms with Crippen LogP contribution in [0.2, 0.25) is 0 Å². The van der Waals surface area contributed by atoms with Crippen LogP contribution in [-0.4, -0.2) is 33.6 Å². The van der Waals surface area contributed by atoms with E-state index in [9.17, 15) is 4.79 Å². The molecule has 0 radical (unpaired) electrons. The molecule has 166 valence electrons. The summed E-state index contributed by atoms with van der Waals surface area (Å²) in [6, 6.07) is 12.2. The number of aryl methyl sites for hydroxylation is 3. The maximum atomic E-state index is 13.5. The molecule has 0 aliphatic rings. The number of anilines is 1. The number of rotatable bonds is 9. The van der Waals surface area contributed by atoms with Crippen molar-refractivity contribution in [2.75, 3.05) is 18.1 Å². The van der Waals surface area contributed by atoms with E-state index in [1.165, 1.54) is 16.9 Å². The summed E-state index contributed by atoms with van der Waals surface area (Å²) < 4.78 is 8.80. The van der Waals surface area contributed by atoms with Gasteiger partial charge in [0.1, 0.15) is 11.3 Å². The maximum Gasteiger partial charge on any atom is 0.233 e.